The van der Waals surface area contributed by atoms with Gasteiger partial charge in [0.15, 0.2) is 0 Å². The molecule has 0 fully saturated rings. The predicted octanol–water partition coefficient (Wildman–Crippen LogP) is 3.89. The number of nitrogens with zero attached hydrogens (tertiary/aromatic N) is 1. The summed E-state index contributed by atoms with van der Waals surface area (Å²) in [6.07, 6.45) is -0.184. The SMILES string of the molecule is COc1ccc(NC(=O)C2CC(=O)Nc3nc(Nc4cc(Cl)cc(Cl)c4)[nH]c(=O)c32)cc1. The third kappa shape index (κ3) is 4.68. The van der Waals surface area contributed by atoms with Crippen LogP contribution in [0, 0.1) is 0 Å². The number of anilines is 4. The topological polar surface area (TPSA) is 125 Å². The molecule has 1 aliphatic heterocycles. The first-order valence-electron chi connectivity index (χ1n) is 9.44. The number of hydrogen-bond acceptors (Lipinski definition) is 6. The number of amides is 2. The summed E-state index contributed by atoms with van der Waals surface area (Å²) in [5, 5.41) is 8.95. The second-order valence-electron chi connectivity index (χ2n) is 6.98. The number of aromatic nitrogens is 2. The second kappa shape index (κ2) is 8.89. The summed E-state index contributed by atoms with van der Waals surface area (Å²) < 4.78 is 5.09. The van der Waals surface area contributed by atoms with Crippen molar-refractivity contribution in [2.75, 3.05) is 23.1 Å². The number of carbonyl (C=O) groups excluding carboxylic acids is 2. The minimum absolute atomic E-state index is 0.00973. The first-order chi connectivity index (χ1) is 15.3. The van der Waals surface area contributed by atoms with Gasteiger partial charge in [0.1, 0.15) is 11.6 Å². The zero-order valence-corrected chi connectivity index (χ0v) is 18.2. The summed E-state index contributed by atoms with van der Waals surface area (Å²) in [4.78, 5) is 44.8. The van der Waals surface area contributed by atoms with Crippen molar-refractivity contribution in [2.45, 2.75) is 12.3 Å². The molecule has 0 aliphatic carbocycles. The molecule has 2 aromatic carbocycles. The summed E-state index contributed by atoms with van der Waals surface area (Å²) in [5.41, 5.74) is 0.510. The van der Waals surface area contributed by atoms with Crippen molar-refractivity contribution in [1.29, 1.82) is 0 Å². The Balaban J connectivity index is 1.62. The van der Waals surface area contributed by atoms with E-state index in [1.807, 2.05) is 0 Å². The molecule has 0 bridgehead atoms. The van der Waals surface area contributed by atoms with Gasteiger partial charge in [-0.1, -0.05) is 23.2 Å². The molecule has 0 saturated heterocycles. The van der Waals surface area contributed by atoms with Crippen LogP contribution in [0.25, 0.3) is 0 Å². The Bertz CT molecular complexity index is 1240. The Morgan fingerprint density at radius 1 is 1.09 bits per heavy atom. The van der Waals surface area contributed by atoms with Gasteiger partial charge in [-0.15, -0.1) is 0 Å². The van der Waals surface area contributed by atoms with Crippen molar-refractivity contribution in [3.63, 3.8) is 0 Å². The fourth-order valence-electron chi connectivity index (χ4n) is 3.32. The lowest BCUT2D eigenvalue weighted by Gasteiger charge is -2.23. The molecule has 1 unspecified atom stereocenters. The lowest BCUT2D eigenvalue weighted by atomic mass is 9.92. The van der Waals surface area contributed by atoms with E-state index in [1.54, 1.807) is 42.5 Å². The summed E-state index contributed by atoms with van der Waals surface area (Å²) in [5.74, 6) is -1.24. The smallest absolute Gasteiger partial charge is 0.258 e. The number of aromatic amines is 1. The maximum absolute atomic E-state index is 12.9. The van der Waals surface area contributed by atoms with Crippen LogP contribution in [0.2, 0.25) is 10.0 Å². The largest absolute Gasteiger partial charge is 0.497 e. The summed E-state index contributed by atoms with van der Waals surface area (Å²) in [7, 11) is 1.54. The fraction of sp³-hybridized carbons (Fsp3) is 0.143. The van der Waals surface area contributed by atoms with Crippen molar-refractivity contribution in [3.8, 4) is 5.75 Å². The van der Waals surface area contributed by atoms with Gasteiger partial charge in [0, 0.05) is 27.8 Å². The molecule has 4 N–H and O–H groups in total. The van der Waals surface area contributed by atoms with Crippen LogP contribution in [0.5, 0.6) is 5.75 Å². The molecular formula is C21H17Cl2N5O4. The Morgan fingerprint density at radius 3 is 2.44 bits per heavy atom. The number of carbonyl (C=O) groups is 2. The van der Waals surface area contributed by atoms with E-state index in [-0.39, 0.29) is 23.8 Å². The highest BCUT2D eigenvalue weighted by atomic mass is 35.5. The monoisotopic (exact) mass is 473 g/mol. The van der Waals surface area contributed by atoms with Crippen LogP contribution < -0.4 is 26.2 Å². The van der Waals surface area contributed by atoms with Crippen molar-refractivity contribution >= 4 is 58.2 Å². The van der Waals surface area contributed by atoms with E-state index in [2.05, 4.69) is 25.9 Å². The molecule has 11 heteroatoms. The molecule has 32 heavy (non-hydrogen) atoms. The molecule has 2 amide bonds. The minimum atomic E-state index is -1.01. The van der Waals surface area contributed by atoms with Gasteiger partial charge >= 0.3 is 0 Å². The first kappa shape index (κ1) is 21.7. The lowest BCUT2D eigenvalue weighted by Crippen LogP contribution is -2.36. The molecule has 0 radical (unpaired) electrons. The van der Waals surface area contributed by atoms with Crippen LogP contribution in [0.4, 0.5) is 23.1 Å². The van der Waals surface area contributed by atoms with Gasteiger partial charge in [0.25, 0.3) is 5.56 Å². The third-order valence-corrected chi connectivity index (χ3v) is 5.19. The molecule has 4 rings (SSSR count). The predicted molar refractivity (Wildman–Crippen MR) is 122 cm³/mol. The third-order valence-electron chi connectivity index (χ3n) is 4.75. The van der Waals surface area contributed by atoms with Crippen LogP contribution in [0.15, 0.2) is 47.3 Å². The second-order valence-corrected chi connectivity index (χ2v) is 7.86. The fourth-order valence-corrected chi connectivity index (χ4v) is 3.85. The average Bonchev–Trinajstić information content (AvgIpc) is 2.72. The van der Waals surface area contributed by atoms with Crippen molar-refractivity contribution < 1.29 is 14.3 Å². The van der Waals surface area contributed by atoms with Gasteiger partial charge in [-0.2, -0.15) is 4.98 Å². The number of fused-ring (bicyclic) bond motifs is 1. The van der Waals surface area contributed by atoms with E-state index in [0.717, 1.165) is 0 Å². The number of benzene rings is 2. The van der Waals surface area contributed by atoms with E-state index >= 15 is 0 Å². The van der Waals surface area contributed by atoms with Gasteiger partial charge in [0.05, 0.1) is 18.6 Å². The number of nitrogens with one attached hydrogen (secondary N) is 4. The highest BCUT2D eigenvalue weighted by Crippen LogP contribution is 2.31. The molecule has 1 aliphatic rings. The molecule has 0 saturated carbocycles. The molecule has 0 spiro atoms. The van der Waals surface area contributed by atoms with Gasteiger partial charge in [-0.05, 0) is 42.5 Å². The van der Waals surface area contributed by atoms with Crippen LogP contribution in [0.1, 0.15) is 17.9 Å². The molecular weight excluding hydrogens is 457 g/mol. The van der Waals surface area contributed by atoms with Crippen LogP contribution >= 0.6 is 23.2 Å². The average molecular weight is 474 g/mol. The van der Waals surface area contributed by atoms with Crippen LogP contribution in [-0.2, 0) is 9.59 Å². The minimum Gasteiger partial charge on any atom is -0.497 e. The number of methoxy groups -OCH3 is 1. The van der Waals surface area contributed by atoms with Gasteiger partial charge < -0.3 is 20.7 Å². The molecule has 1 atom stereocenters. The van der Waals surface area contributed by atoms with Crippen molar-refractivity contribution in [1.82, 2.24) is 9.97 Å². The maximum atomic E-state index is 12.9. The number of rotatable bonds is 5. The Morgan fingerprint density at radius 2 is 1.78 bits per heavy atom. The normalized spacial score (nSPS) is 14.8. The van der Waals surface area contributed by atoms with E-state index in [0.29, 0.717) is 27.2 Å². The zero-order chi connectivity index (χ0) is 22.8. The van der Waals surface area contributed by atoms with Crippen molar-refractivity contribution in [3.05, 3.63) is 68.4 Å². The Hall–Kier alpha value is -3.56. The molecule has 9 nitrogen and oxygen atoms in total. The summed E-state index contributed by atoms with van der Waals surface area (Å²) in [6, 6.07) is 11.4. The van der Waals surface area contributed by atoms with Gasteiger partial charge in [0.2, 0.25) is 17.8 Å². The number of hydrogen-bond donors (Lipinski definition) is 4. The highest BCUT2D eigenvalue weighted by Gasteiger charge is 2.34. The summed E-state index contributed by atoms with van der Waals surface area (Å²) >= 11 is 12.0. The van der Waals surface area contributed by atoms with Gasteiger partial charge in [-0.3, -0.25) is 19.4 Å². The quantitative estimate of drug-likeness (QED) is 0.445. The molecule has 1 aromatic heterocycles. The standard InChI is InChI=1S/C21H17Cl2N5O4/c1-32-14-4-2-12(3-5-14)24-19(30)15-9-16(29)26-18-17(15)20(31)28-21(27-18)25-13-7-10(22)6-11(23)8-13/h2-8,15H,9H2,1H3,(H,24,30)(H3,25,26,27,28,29,31). The Kier molecular flexibility index (Phi) is 6.02. The Labute approximate surface area is 192 Å². The van der Waals surface area contributed by atoms with Crippen LogP contribution in [-0.4, -0.2) is 28.9 Å². The van der Waals surface area contributed by atoms with Crippen LogP contribution in [0.3, 0.4) is 0 Å². The lowest BCUT2D eigenvalue weighted by molar-refractivity contribution is -0.123. The van der Waals surface area contributed by atoms with Gasteiger partial charge in [-0.25, -0.2) is 0 Å². The van der Waals surface area contributed by atoms with E-state index < -0.39 is 23.3 Å². The zero-order valence-electron chi connectivity index (χ0n) is 16.7. The number of ether oxygens (including phenoxy) is 1. The van der Waals surface area contributed by atoms with E-state index in [4.69, 9.17) is 27.9 Å². The van der Waals surface area contributed by atoms with E-state index in [9.17, 15) is 14.4 Å². The molecule has 2 heterocycles. The molecule has 3 aromatic rings. The number of halogens is 2. The first-order valence-corrected chi connectivity index (χ1v) is 10.2. The number of H-pyrrole nitrogens is 1. The maximum Gasteiger partial charge on any atom is 0.258 e. The summed E-state index contributed by atoms with van der Waals surface area (Å²) in [6.45, 7) is 0. The van der Waals surface area contributed by atoms with E-state index in [1.165, 1.54) is 7.11 Å². The molecule has 164 valence electrons. The highest BCUT2D eigenvalue weighted by molar-refractivity contribution is 6.35. The van der Waals surface area contributed by atoms with Crippen molar-refractivity contribution in [2.24, 2.45) is 0 Å².